The Kier molecular flexibility index (Phi) is 3.18. The van der Waals surface area contributed by atoms with Crippen molar-refractivity contribution in [3.05, 3.63) is 29.7 Å². The number of aryl methyl sites for hydroxylation is 1. The van der Waals surface area contributed by atoms with Crippen molar-refractivity contribution in [1.29, 1.82) is 0 Å². The second kappa shape index (κ2) is 4.77. The highest BCUT2D eigenvalue weighted by Crippen LogP contribution is 2.04. The van der Waals surface area contributed by atoms with Gasteiger partial charge in [0.05, 0.1) is 5.69 Å². The second-order valence-corrected chi connectivity index (χ2v) is 3.68. The van der Waals surface area contributed by atoms with Crippen LogP contribution < -0.4 is 5.32 Å². The van der Waals surface area contributed by atoms with E-state index in [0.29, 0.717) is 0 Å². The molecule has 2 aromatic rings. The average molecular weight is 214 g/mol. The number of rotatable bonds is 4. The molecule has 0 radical (unpaired) electrons. The minimum atomic E-state index is 0.747. The Morgan fingerprint density at radius 3 is 3.25 bits per heavy atom. The average Bonchev–Trinajstić information content (AvgIpc) is 2.64. The van der Waals surface area contributed by atoms with Crippen molar-refractivity contribution in [3.8, 4) is 12.3 Å². The highest BCUT2D eigenvalue weighted by atomic mass is 15.2. The van der Waals surface area contributed by atoms with Gasteiger partial charge in [-0.25, -0.2) is 9.50 Å². The van der Waals surface area contributed by atoms with E-state index in [4.69, 9.17) is 6.42 Å². The minimum absolute atomic E-state index is 0.747. The first-order chi connectivity index (χ1) is 7.79. The molecular formula is C12H14N4. The van der Waals surface area contributed by atoms with E-state index in [-0.39, 0.29) is 0 Å². The maximum atomic E-state index is 5.17. The van der Waals surface area contributed by atoms with Crippen LogP contribution in [0.2, 0.25) is 0 Å². The number of nitrogens with zero attached hydrogens (tertiary/aromatic N) is 3. The molecule has 16 heavy (non-hydrogen) atoms. The Morgan fingerprint density at radius 2 is 2.44 bits per heavy atom. The lowest BCUT2D eigenvalue weighted by atomic mass is 10.3. The maximum absolute atomic E-state index is 5.17. The molecule has 82 valence electrons. The Bertz CT molecular complexity index is 521. The third kappa shape index (κ3) is 2.38. The fraction of sp³-hybridized carbons (Fsp3) is 0.333. The lowest BCUT2D eigenvalue weighted by Crippen LogP contribution is -2.14. The molecule has 0 spiro atoms. The second-order valence-electron chi connectivity index (χ2n) is 3.68. The van der Waals surface area contributed by atoms with Gasteiger partial charge in [-0.3, -0.25) is 0 Å². The van der Waals surface area contributed by atoms with Gasteiger partial charge >= 0.3 is 0 Å². The van der Waals surface area contributed by atoms with Crippen LogP contribution in [0, 0.1) is 19.3 Å². The van der Waals surface area contributed by atoms with Gasteiger partial charge in [0.1, 0.15) is 0 Å². The largest absolute Gasteiger partial charge is 0.312 e. The molecular weight excluding hydrogens is 200 g/mol. The van der Waals surface area contributed by atoms with Gasteiger partial charge in [-0.15, -0.1) is 12.3 Å². The summed E-state index contributed by atoms with van der Waals surface area (Å²) in [7, 11) is 0. The van der Waals surface area contributed by atoms with Crippen LogP contribution in [-0.2, 0) is 6.54 Å². The van der Waals surface area contributed by atoms with Crippen molar-refractivity contribution in [2.45, 2.75) is 19.9 Å². The van der Waals surface area contributed by atoms with Gasteiger partial charge in [0.25, 0.3) is 0 Å². The molecule has 2 aromatic heterocycles. The lowest BCUT2D eigenvalue weighted by molar-refractivity contribution is 0.693. The summed E-state index contributed by atoms with van der Waals surface area (Å²) in [5, 5.41) is 7.56. The molecule has 4 heteroatoms. The van der Waals surface area contributed by atoms with Crippen molar-refractivity contribution >= 4 is 5.65 Å². The predicted molar refractivity (Wildman–Crippen MR) is 62.9 cm³/mol. The Morgan fingerprint density at radius 1 is 1.56 bits per heavy atom. The van der Waals surface area contributed by atoms with Crippen LogP contribution in [0.4, 0.5) is 0 Å². The molecule has 0 fully saturated rings. The Hall–Kier alpha value is -1.86. The van der Waals surface area contributed by atoms with E-state index in [0.717, 1.165) is 36.4 Å². The zero-order valence-corrected chi connectivity index (χ0v) is 9.27. The van der Waals surface area contributed by atoms with E-state index in [1.54, 1.807) is 4.52 Å². The summed E-state index contributed by atoms with van der Waals surface area (Å²) < 4.78 is 1.80. The zero-order chi connectivity index (χ0) is 11.4. The molecule has 0 saturated carbocycles. The van der Waals surface area contributed by atoms with Crippen molar-refractivity contribution in [1.82, 2.24) is 19.9 Å². The fourth-order valence-electron chi connectivity index (χ4n) is 1.52. The number of aromatic nitrogens is 3. The highest BCUT2D eigenvalue weighted by molar-refractivity contribution is 5.38. The standard InChI is InChI=1S/C12H14N4/c1-3-4-5-13-7-11-8-14-12-6-10(2)15-16(12)9-11/h1,6,8-9,13H,4-5,7H2,2H3. The molecule has 0 aliphatic heterocycles. The molecule has 1 N–H and O–H groups in total. The van der Waals surface area contributed by atoms with Crippen LogP contribution >= 0.6 is 0 Å². The number of hydrogen-bond donors (Lipinski definition) is 1. The molecule has 0 amide bonds. The topological polar surface area (TPSA) is 42.2 Å². The van der Waals surface area contributed by atoms with Crippen molar-refractivity contribution in [2.24, 2.45) is 0 Å². The van der Waals surface area contributed by atoms with Crippen LogP contribution in [0.3, 0.4) is 0 Å². The van der Waals surface area contributed by atoms with Gasteiger partial charge in [0.15, 0.2) is 5.65 Å². The third-order valence-corrected chi connectivity index (χ3v) is 2.26. The molecule has 2 rings (SSSR count). The SMILES string of the molecule is C#CCCNCc1cnc2cc(C)nn2c1. The smallest absolute Gasteiger partial charge is 0.155 e. The number of hydrogen-bond acceptors (Lipinski definition) is 3. The van der Waals surface area contributed by atoms with Crippen molar-refractivity contribution in [3.63, 3.8) is 0 Å². The van der Waals surface area contributed by atoms with Crippen LogP contribution in [0.5, 0.6) is 0 Å². The van der Waals surface area contributed by atoms with Gasteiger partial charge in [-0.1, -0.05) is 0 Å². The lowest BCUT2D eigenvalue weighted by Gasteiger charge is -2.02. The van der Waals surface area contributed by atoms with Crippen molar-refractivity contribution < 1.29 is 0 Å². The molecule has 4 nitrogen and oxygen atoms in total. The highest BCUT2D eigenvalue weighted by Gasteiger charge is 2.00. The minimum Gasteiger partial charge on any atom is -0.312 e. The van der Waals surface area contributed by atoms with Gasteiger partial charge in [-0.05, 0) is 6.92 Å². The Balaban J connectivity index is 2.05. The van der Waals surface area contributed by atoms with Crippen LogP contribution in [-0.4, -0.2) is 21.1 Å². The normalized spacial score (nSPS) is 10.5. The van der Waals surface area contributed by atoms with Gasteiger partial charge in [-0.2, -0.15) is 5.10 Å². The van der Waals surface area contributed by atoms with Crippen molar-refractivity contribution in [2.75, 3.05) is 6.54 Å². The molecule has 0 unspecified atom stereocenters. The van der Waals surface area contributed by atoms with E-state index < -0.39 is 0 Å². The van der Waals surface area contributed by atoms with E-state index in [1.807, 2.05) is 25.4 Å². The van der Waals surface area contributed by atoms with E-state index in [1.165, 1.54) is 0 Å². The van der Waals surface area contributed by atoms with Crippen LogP contribution in [0.25, 0.3) is 5.65 Å². The summed E-state index contributed by atoms with van der Waals surface area (Å²) in [4.78, 5) is 4.32. The first-order valence-corrected chi connectivity index (χ1v) is 5.24. The zero-order valence-electron chi connectivity index (χ0n) is 9.27. The first kappa shape index (κ1) is 10.7. The summed E-state index contributed by atoms with van der Waals surface area (Å²) in [6, 6.07) is 1.95. The third-order valence-electron chi connectivity index (χ3n) is 2.26. The summed E-state index contributed by atoms with van der Waals surface area (Å²) in [5.41, 5.74) is 2.96. The van der Waals surface area contributed by atoms with E-state index >= 15 is 0 Å². The molecule has 0 aliphatic carbocycles. The van der Waals surface area contributed by atoms with E-state index in [9.17, 15) is 0 Å². The molecule has 2 heterocycles. The molecule has 0 aromatic carbocycles. The number of nitrogens with one attached hydrogen (secondary N) is 1. The monoisotopic (exact) mass is 214 g/mol. The maximum Gasteiger partial charge on any atom is 0.155 e. The summed E-state index contributed by atoms with van der Waals surface area (Å²) in [5.74, 6) is 2.59. The van der Waals surface area contributed by atoms with E-state index in [2.05, 4.69) is 21.3 Å². The summed E-state index contributed by atoms with van der Waals surface area (Å²) >= 11 is 0. The van der Waals surface area contributed by atoms with Gasteiger partial charge in [0, 0.05) is 43.5 Å². The molecule has 0 atom stereocenters. The van der Waals surface area contributed by atoms with Crippen LogP contribution in [0.15, 0.2) is 18.5 Å². The van der Waals surface area contributed by atoms with Gasteiger partial charge in [0.2, 0.25) is 0 Å². The predicted octanol–water partition coefficient (Wildman–Crippen LogP) is 1.15. The van der Waals surface area contributed by atoms with Gasteiger partial charge < -0.3 is 5.32 Å². The Labute approximate surface area is 94.7 Å². The summed E-state index contributed by atoms with van der Waals surface area (Å²) in [6.45, 7) is 3.55. The quantitative estimate of drug-likeness (QED) is 0.613. The number of terminal acetylenes is 1. The fourth-order valence-corrected chi connectivity index (χ4v) is 1.52. The first-order valence-electron chi connectivity index (χ1n) is 5.24. The molecule has 0 saturated heterocycles. The molecule has 0 bridgehead atoms. The number of fused-ring (bicyclic) bond motifs is 1. The van der Waals surface area contributed by atoms with Crippen LogP contribution in [0.1, 0.15) is 17.7 Å². The molecule has 0 aliphatic rings. The summed E-state index contributed by atoms with van der Waals surface area (Å²) in [6.07, 6.45) is 9.76.